The lowest BCUT2D eigenvalue weighted by atomic mass is 10.1. The number of hydrogen-bond acceptors (Lipinski definition) is 5. The number of hydrogen-bond donors (Lipinski definition) is 0. The minimum absolute atomic E-state index is 0.0949. The van der Waals surface area contributed by atoms with E-state index in [1.807, 2.05) is 12.1 Å². The third-order valence-corrected chi connectivity index (χ3v) is 2.85. The molecule has 0 unspecified atom stereocenters. The standard InChI is InChI=1S/C14H18O5/c1-2-11-3-5-13(6-4-11)19-14(15)18-10-17-9-12-7-16-8-12/h3-6,12H,2,7-10H2,1H3. The van der Waals surface area contributed by atoms with Crippen LogP contribution in [0.4, 0.5) is 4.79 Å². The van der Waals surface area contributed by atoms with Crippen LogP contribution < -0.4 is 4.74 Å². The van der Waals surface area contributed by atoms with Gasteiger partial charge in [-0.2, -0.15) is 0 Å². The number of aryl methyl sites for hydroxylation is 1. The van der Waals surface area contributed by atoms with Gasteiger partial charge in [0, 0.05) is 5.92 Å². The molecule has 104 valence electrons. The smallest absolute Gasteiger partial charge is 0.407 e. The lowest BCUT2D eigenvalue weighted by Crippen LogP contribution is -2.32. The summed E-state index contributed by atoms with van der Waals surface area (Å²) in [6.07, 6.45) is 0.192. The summed E-state index contributed by atoms with van der Waals surface area (Å²) in [5, 5.41) is 0. The Hall–Kier alpha value is -1.59. The van der Waals surface area contributed by atoms with Crippen LogP contribution in [0.2, 0.25) is 0 Å². The molecule has 0 radical (unpaired) electrons. The van der Waals surface area contributed by atoms with Gasteiger partial charge in [0.2, 0.25) is 0 Å². The van der Waals surface area contributed by atoms with Gasteiger partial charge < -0.3 is 18.9 Å². The van der Waals surface area contributed by atoms with Crippen molar-refractivity contribution in [3.05, 3.63) is 29.8 Å². The van der Waals surface area contributed by atoms with E-state index in [9.17, 15) is 4.79 Å². The van der Waals surface area contributed by atoms with E-state index in [1.165, 1.54) is 5.56 Å². The Bertz CT molecular complexity index is 397. The minimum atomic E-state index is -0.755. The number of benzene rings is 1. The molecule has 1 heterocycles. The molecule has 1 aromatic carbocycles. The van der Waals surface area contributed by atoms with E-state index < -0.39 is 6.16 Å². The topological polar surface area (TPSA) is 54.0 Å². The third-order valence-electron chi connectivity index (χ3n) is 2.85. The molecule has 19 heavy (non-hydrogen) atoms. The van der Waals surface area contributed by atoms with Crippen molar-refractivity contribution in [2.45, 2.75) is 13.3 Å². The van der Waals surface area contributed by atoms with Crippen LogP contribution in [-0.4, -0.2) is 32.8 Å². The van der Waals surface area contributed by atoms with Crippen LogP contribution in [0.3, 0.4) is 0 Å². The van der Waals surface area contributed by atoms with E-state index in [2.05, 4.69) is 6.92 Å². The highest BCUT2D eigenvalue weighted by Gasteiger charge is 2.18. The van der Waals surface area contributed by atoms with Gasteiger partial charge in [-0.25, -0.2) is 4.79 Å². The Morgan fingerprint density at radius 2 is 2.05 bits per heavy atom. The second-order valence-electron chi connectivity index (χ2n) is 4.39. The van der Waals surface area contributed by atoms with E-state index in [0.717, 1.165) is 6.42 Å². The molecule has 0 aliphatic carbocycles. The summed E-state index contributed by atoms with van der Waals surface area (Å²) in [4.78, 5) is 11.3. The van der Waals surface area contributed by atoms with Gasteiger partial charge in [0.1, 0.15) is 5.75 Å². The van der Waals surface area contributed by atoms with E-state index in [-0.39, 0.29) is 6.79 Å². The highest BCUT2D eigenvalue weighted by molar-refractivity contribution is 5.63. The first-order valence-corrected chi connectivity index (χ1v) is 6.37. The zero-order chi connectivity index (χ0) is 13.5. The van der Waals surface area contributed by atoms with Crippen molar-refractivity contribution in [2.75, 3.05) is 26.6 Å². The average molecular weight is 266 g/mol. The number of rotatable bonds is 6. The molecule has 5 nitrogen and oxygen atoms in total. The maximum atomic E-state index is 11.3. The van der Waals surface area contributed by atoms with Gasteiger partial charge >= 0.3 is 6.16 Å². The molecule has 1 aliphatic rings. The van der Waals surface area contributed by atoms with Crippen LogP contribution in [0.25, 0.3) is 0 Å². The predicted molar refractivity (Wildman–Crippen MR) is 68.1 cm³/mol. The largest absolute Gasteiger partial charge is 0.515 e. The summed E-state index contributed by atoms with van der Waals surface area (Å²) in [6.45, 7) is 3.94. The summed E-state index contributed by atoms with van der Waals surface area (Å²) < 4.78 is 20.0. The van der Waals surface area contributed by atoms with E-state index >= 15 is 0 Å². The first-order valence-electron chi connectivity index (χ1n) is 6.37. The van der Waals surface area contributed by atoms with E-state index in [0.29, 0.717) is 31.5 Å². The molecular formula is C14H18O5. The highest BCUT2D eigenvalue weighted by atomic mass is 16.8. The Morgan fingerprint density at radius 1 is 1.32 bits per heavy atom. The fourth-order valence-electron chi connectivity index (χ4n) is 1.60. The zero-order valence-electron chi connectivity index (χ0n) is 11.0. The molecule has 0 bridgehead atoms. The number of ether oxygens (including phenoxy) is 4. The molecule has 0 N–H and O–H groups in total. The molecule has 1 aromatic rings. The Labute approximate surface area is 112 Å². The molecule has 0 aromatic heterocycles. The monoisotopic (exact) mass is 266 g/mol. The van der Waals surface area contributed by atoms with Crippen molar-refractivity contribution in [1.29, 1.82) is 0 Å². The Kier molecular flexibility index (Phi) is 5.18. The second-order valence-corrected chi connectivity index (χ2v) is 4.39. The maximum absolute atomic E-state index is 11.3. The third kappa shape index (κ3) is 4.54. The first kappa shape index (κ1) is 13.8. The van der Waals surface area contributed by atoms with Crippen molar-refractivity contribution in [3.8, 4) is 5.75 Å². The second kappa shape index (κ2) is 7.11. The SMILES string of the molecule is CCc1ccc(OC(=O)OCOCC2COC2)cc1. The van der Waals surface area contributed by atoms with E-state index in [4.69, 9.17) is 18.9 Å². The normalized spacial score (nSPS) is 14.8. The molecule has 2 rings (SSSR count). The quantitative estimate of drug-likeness (QED) is 0.342. The van der Waals surface area contributed by atoms with Crippen molar-refractivity contribution in [3.63, 3.8) is 0 Å². The van der Waals surface area contributed by atoms with Gasteiger partial charge in [-0.1, -0.05) is 19.1 Å². The van der Waals surface area contributed by atoms with Gasteiger partial charge in [-0.15, -0.1) is 0 Å². The molecule has 0 saturated carbocycles. The van der Waals surface area contributed by atoms with Crippen molar-refractivity contribution < 1.29 is 23.7 Å². The summed E-state index contributed by atoms with van der Waals surface area (Å²) in [5.74, 6) is 0.885. The van der Waals surface area contributed by atoms with Crippen molar-refractivity contribution >= 4 is 6.16 Å². The summed E-state index contributed by atoms with van der Waals surface area (Å²) >= 11 is 0. The van der Waals surface area contributed by atoms with Crippen LogP contribution >= 0.6 is 0 Å². The molecule has 1 aliphatic heterocycles. The fourth-order valence-corrected chi connectivity index (χ4v) is 1.60. The number of carbonyl (C=O) groups is 1. The molecule has 1 saturated heterocycles. The molecule has 5 heteroatoms. The van der Waals surface area contributed by atoms with Gasteiger partial charge in [-0.05, 0) is 24.1 Å². The summed E-state index contributed by atoms with van der Waals surface area (Å²) in [5.41, 5.74) is 1.19. The van der Waals surface area contributed by atoms with Crippen molar-refractivity contribution in [1.82, 2.24) is 0 Å². The van der Waals surface area contributed by atoms with Gasteiger partial charge in [-0.3, -0.25) is 0 Å². The molecule has 1 fully saturated rings. The summed E-state index contributed by atoms with van der Waals surface area (Å²) in [7, 11) is 0. The van der Waals surface area contributed by atoms with Crippen LogP contribution in [0, 0.1) is 5.92 Å². The molecule has 0 amide bonds. The lowest BCUT2D eigenvalue weighted by molar-refractivity contribution is -0.103. The van der Waals surface area contributed by atoms with Crippen LogP contribution in [0.15, 0.2) is 24.3 Å². The lowest BCUT2D eigenvalue weighted by Gasteiger charge is -2.25. The average Bonchev–Trinajstić information content (AvgIpc) is 2.37. The predicted octanol–water partition coefficient (Wildman–Crippen LogP) is 2.38. The molecule has 0 atom stereocenters. The Morgan fingerprint density at radius 3 is 2.63 bits per heavy atom. The highest BCUT2D eigenvalue weighted by Crippen LogP contribution is 2.13. The zero-order valence-corrected chi connectivity index (χ0v) is 11.0. The van der Waals surface area contributed by atoms with Crippen LogP contribution in [0.1, 0.15) is 12.5 Å². The van der Waals surface area contributed by atoms with Gasteiger partial charge in [0.05, 0.1) is 19.8 Å². The fraction of sp³-hybridized carbons (Fsp3) is 0.500. The molecule has 0 spiro atoms. The van der Waals surface area contributed by atoms with E-state index in [1.54, 1.807) is 12.1 Å². The Balaban J connectivity index is 1.62. The maximum Gasteiger partial charge on any atom is 0.515 e. The first-order chi connectivity index (χ1) is 9.28. The molecular weight excluding hydrogens is 248 g/mol. The van der Waals surface area contributed by atoms with Gasteiger partial charge in [0.25, 0.3) is 0 Å². The summed E-state index contributed by atoms with van der Waals surface area (Å²) in [6, 6.07) is 7.31. The van der Waals surface area contributed by atoms with Crippen molar-refractivity contribution in [2.24, 2.45) is 5.92 Å². The number of carbonyl (C=O) groups excluding carboxylic acids is 1. The minimum Gasteiger partial charge on any atom is -0.407 e. The van der Waals surface area contributed by atoms with Crippen LogP contribution in [0.5, 0.6) is 5.75 Å². The van der Waals surface area contributed by atoms with Crippen LogP contribution in [-0.2, 0) is 20.6 Å². The van der Waals surface area contributed by atoms with Gasteiger partial charge in [0.15, 0.2) is 6.79 Å².